The second-order valence-corrected chi connectivity index (χ2v) is 5.23. The molecule has 0 spiro atoms. The molecule has 100 valence electrons. The van der Waals surface area contributed by atoms with E-state index in [1.165, 1.54) is 12.0 Å². The van der Waals surface area contributed by atoms with Crippen molar-refractivity contribution in [1.29, 1.82) is 0 Å². The summed E-state index contributed by atoms with van der Waals surface area (Å²) in [5.41, 5.74) is 3.97. The minimum atomic E-state index is 0.387. The van der Waals surface area contributed by atoms with Gasteiger partial charge < -0.3 is 8.94 Å². The molecule has 5 nitrogen and oxygen atoms in total. The summed E-state index contributed by atoms with van der Waals surface area (Å²) in [5, 5.41) is 4.06. The van der Waals surface area contributed by atoms with Crippen LogP contribution >= 0.6 is 0 Å². The normalized spacial score (nSPS) is 15.7. The van der Waals surface area contributed by atoms with Gasteiger partial charge in [-0.1, -0.05) is 23.4 Å². The van der Waals surface area contributed by atoms with Crippen molar-refractivity contribution in [3.8, 4) is 0 Å². The van der Waals surface area contributed by atoms with Gasteiger partial charge in [0, 0.05) is 5.92 Å². The van der Waals surface area contributed by atoms with Crippen molar-refractivity contribution in [3.63, 3.8) is 0 Å². The molecule has 0 bridgehead atoms. The highest BCUT2D eigenvalue weighted by molar-refractivity contribution is 5.72. The van der Waals surface area contributed by atoms with Crippen LogP contribution in [0, 0.1) is 0 Å². The van der Waals surface area contributed by atoms with Crippen molar-refractivity contribution in [2.24, 2.45) is 0 Å². The lowest BCUT2D eigenvalue weighted by atomic mass is 9.81. The standard InChI is InChI=1S/C15H13N3O2/c1-9-4-11(5-9)15-17-14(20-18-15)7-10-2-3-13-12(6-10)16-8-19-13/h2-3,6,8,11H,1,4-5,7H2. The van der Waals surface area contributed by atoms with E-state index < -0.39 is 0 Å². The average molecular weight is 267 g/mol. The molecule has 0 saturated heterocycles. The van der Waals surface area contributed by atoms with Crippen molar-refractivity contribution >= 4 is 11.1 Å². The van der Waals surface area contributed by atoms with Crippen LogP contribution in [0.2, 0.25) is 0 Å². The van der Waals surface area contributed by atoms with E-state index in [0.717, 1.165) is 35.3 Å². The fourth-order valence-corrected chi connectivity index (χ4v) is 2.51. The average Bonchev–Trinajstić information content (AvgIpc) is 3.03. The number of oxazole rings is 1. The maximum absolute atomic E-state index is 5.32. The summed E-state index contributed by atoms with van der Waals surface area (Å²) in [6, 6.07) is 5.88. The van der Waals surface area contributed by atoms with E-state index in [-0.39, 0.29) is 0 Å². The molecule has 1 aliphatic rings. The number of nitrogens with zero attached hydrogens (tertiary/aromatic N) is 3. The Morgan fingerprint density at radius 3 is 3.05 bits per heavy atom. The van der Waals surface area contributed by atoms with Crippen LogP contribution in [0.3, 0.4) is 0 Å². The summed E-state index contributed by atoms with van der Waals surface area (Å²) in [5.74, 6) is 1.83. The van der Waals surface area contributed by atoms with Crippen molar-refractivity contribution in [2.75, 3.05) is 0 Å². The molecule has 3 aromatic rings. The fraction of sp³-hybridized carbons (Fsp3) is 0.267. The first kappa shape index (κ1) is 11.4. The minimum Gasteiger partial charge on any atom is -0.443 e. The summed E-state index contributed by atoms with van der Waals surface area (Å²) < 4.78 is 10.5. The maximum Gasteiger partial charge on any atom is 0.231 e. The van der Waals surface area contributed by atoms with Crippen molar-refractivity contribution in [3.05, 3.63) is 54.0 Å². The zero-order valence-electron chi connectivity index (χ0n) is 10.9. The molecule has 1 aliphatic carbocycles. The highest BCUT2D eigenvalue weighted by Crippen LogP contribution is 2.38. The van der Waals surface area contributed by atoms with Gasteiger partial charge >= 0.3 is 0 Å². The van der Waals surface area contributed by atoms with Crippen molar-refractivity contribution in [2.45, 2.75) is 25.2 Å². The Hall–Kier alpha value is -2.43. The van der Waals surface area contributed by atoms with Gasteiger partial charge in [0.05, 0.1) is 6.42 Å². The first-order valence-corrected chi connectivity index (χ1v) is 6.59. The molecule has 2 aromatic heterocycles. The van der Waals surface area contributed by atoms with Gasteiger partial charge in [-0.25, -0.2) is 4.98 Å². The number of rotatable bonds is 3. The molecule has 2 heterocycles. The maximum atomic E-state index is 5.32. The third kappa shape index (κ3) is 1.91. The van der Waals surface area contributed by atoms with E-state index in [9.17, 15) is 0 Å². The van der Waals surface area contributed by atoms with Crippen LogP contribution in [0.4, 0.5) is 0 Å². The lowest BCUT2D eigenvalue weighted by Crippen LogP contribution is -2.13. The van der Waals surface area contributed by atoms with Crippen molar-refractivity contribution < 1.29 is 8.94 Å². The lowest BCUT2D eigenvalue weighted by Gasteiger charge is -2.24. The van der Waals surface area contributed by atoms with Gasteiger partial charge in [-0.05, 0) is 30.5 Å². The second kappa shape index (κ2) is 4.30. The molecule has 5 heteroatoms. The van der Waals surface area contributed by atoms with E-state index in [0.29, 0.717) is 18.2 Å². The van der Waals surface area contributed by atoms with Crippen LogP contribution in [-0.2, 0) is 6.42 Å². The van der Waals surface area contributed by atoms with Crippen molar-refractivity contribution in [1.82, 2.24) is 15.1 Å². The Morgan fingerprint density at radius 2 is 2.20 bits per heavy atom. The Bertz CT molecular complexity index is 779. The van der Waals surface area contributed by atoms with Crippen LogP contribution in [0.25, 0.3) is 11.1 Å². The Labute approximate surface area is 115 Å². The first-order valence-electron chi connectivity index (χ1n) is 6.59. The summed E-state index contributed by atoms with van der Waals surface area (Å²) in [6.07, 6.45) is 4.01. The molecule has 0 aliphatic heterocycles. The number of hydrogen-bond donors (Lipinski definition) is 0. The SMILES string of the molecule is C=C1CC(c2noc(Cc3ccc4ocnc4c3)n2)C1. The fourth-order valence-electron chi connectivity index (χ4n) is 2.51. The van der Waals surface area contributed by atoms with Gasteiger partial charge in [-0.2, -0.15) is 4.98 Å². The van der Waals surface area contributed by atoms with E-state index in [1.54, 1.807) is 0 Å². The third-order valence-corrected chi connectivity index (χ3v) is 3.67. The zero-order valence-corrected chi connectivity index (χ0v) is 10.9. The smallest absolute Gasteiger partial charge is 0.231 e. The molecular formula is C15H13N3O2. The Balaban J connectivity index is 1.54. The predicted octanol–water partition coefficient (Wildman–Crippen LogP) is 3.24. The van der Waals surface area contributed by atoms with E-state index >= 15 is 0 Å². The molecule has 0 atom stereocenters. The number of hydrogen-bond acceptors (Lipinski definition) is 5. The van der Waals surface area contributed by atoms with Gasteiger partial charge in [0.1, 0.15) is 5.52 Å². The van der Waals surface area contributed by atoms with E-state index in [4.69, 9.17) is 8.94 Å². The molecule has 20 heavy (non-hydrogen) atoms. The summed E-state index contributed by atoms with van der Waals surface area (Å²) >= 11 is 0. The van der Waals surface area contributed by atoms with Gasteiger partial charge in [-0.15, -0.1) is 0 Å². The predicted molar refractivity (Wildman–Crippen MR) is 72.2 cm³/mol. The minimum absolute atomic E-state index is 0.387. The molecule has 0 radical (unpaired) electrons. The third-order valence-electron chi connectivity index (χ3n) is 3.67. The number of allylic oxidation sites excluding steroid dienone is 1. The molecule has 0 amide bonds. The van der Waals surface area contributed by atoms with E-state index in [2.05, 4.69) is 21.7 Å². The van der Waals surface area contributed by atoms with Gasteiger partial charge in [0.25, 0.3) is 0 Å². The summed E-state index contributed by atoms with van der Waals surface area (Å²) in [4.78, 5) is 8.61. The number of aromatic nitrogens is 3. The quantitative estimate of drug-likeness (QED) is 0.681. The van der Waals surface area contributed by atoms with Gasteiger partial charge in [0.2, 0.25) is 5.89 Å². The Kier molecular flexibility index (Phi) is 2.45. The summed E-state index contributed by atoms with van der Waals surface area (Å²) in [6.45, 7) is 3.93. The monoisotopic (exact) mass is 267 g/mol. The molecule has 1 aromatic carbocycles. The molecule has 0 N–H and O–H groups in total. The topological polar surface area (TPSA) is 65.0 Å². The molecular weight excluding hydrogens is 254 g/mol. The molecule has 1 saturated carbocycles. The highest BCUT2D eigenvalue weighted by atomic mass is 16.5. The molecule has 4 rings (SSSR count). The number of benzene rings is 1. The van der Waals surface area contributed by atoms with Gasteiger partial charge in [0.15, 0.2) is 17.8 Å². The van der Waals surface area contributed by atoms with Gasteiger partial charge in [-0.3, -0.25) is 0 Å². The highest BCUT2D eigenvalue weighted by Gasteiger charge is 2.27. The van der Waals surface area contributed by atoms with Crippen LogP contribution < -0.4 is 0 Å². The van der Waals surface area contributed by atoms with Crippen LogP contribution in [0.1, 0.15) is 36.0 Å². The molecule has 0 unspecified atom stereocenters. The Morgan fingerprint density at radius 1 is 1.30 bits per heavy atom. The largest absolute Gasteiger partial charge is 0.443 e. The van der Waals surface area contributed by atoms with Crippen LogP contribution in [0.15, 0.2) is 45.7 Å². The van der Waals surface area contributed by atoms with E-state index in [1.807, 2.05) is 18.2 Å². The zero-order chi connectivity index (χ0) is 13.5. The summed E-state index contributed by atoms with van der Waals surface area (Å²) in [7, 11) is 0. The van der Waals surface area contributed by atoms with Crippen LogP contribution in [-0.4, -0.2) is 15.1 Å². The lowest BCUT2D eigenvalue weighted by molar-refractivity contribution is 0.370. The molecule has 1 fully saturated rings. The first-order chi connectivity index (χ1) is 9.78. The second-order valence-electron chi connectivity index (χ2n) is 5.23. The van der Waals surface area contributed by atoms with Crippen LogP contribution in [0.5, 0.6) is 0 Å². The number of fused-ring (bicyclic) bond motifs is 1.